The van der Waals surface area contributed by atoms with Crippen LogP contribution in [0.2, 0.25) is 0 Å². The number of aryl methyl sites for hydroxylation is 2. The largest absolute Gasteiger partial charge is 0.319 e. The molecule has 1 heterocycles. The molecule has 1 aromatic rings. The summed E-state index contributed by atoms with van der Waals surface area (Å²) in [4.78, 5) is 9.01. The number of rotatable bonds is 3. The molecule has 0 saturated carbocycles. The lowest BCUT2D eigenvalue weighted by Crippen LogP contribution is -2.12. The number of nitrogens with zero attached hydrogens (tertiary/aromatic N) is 2. The molecule has 0 bridgehead atoms. The van der Waals surface area contributed by atoms with Crippen LogP contribution >= 0.6 is 0 Å². The van der Waals surface area contributed by atoms with E-state index >= 15 is 0 Å². The Bertz CT molecular complexity index is 296. The van der Waals surface area contributed by atoms with Crippen molar-refractivity contribution in [2.24, 2.45) is 0 Å². The fraction of sp³-hybridized carbons (Fsp3) is 0.600. The first-order chi connectivity index (χ1) is 6.40. The van der Waals surface area contributed by atoms with E-state index < -0.39 is 0 Å². The van der Waals surface area contributed by atoms with Crippen LogP contribution in [0.25, 0.3) is 0 Å². The van der Waals surface area contributed by atoms with Crippen LogP contribution in [0.15, 0.2) is 6.20 Å². The maximum absolute atomic E-state index is 4.59. The van der Waals surface area contributed by atoms with E-state index in [2.05, 4.69) is 15.3 Å². The third-order valence-corrected chi connectivity index (χ3v) is 2.44. The Morgan fingerprint density at radius 2 is 2.23 bits per heavy atom. The summed E-state index contributed by atoms with van der Waals surface area (Å²) in [5.41, 5.74) is 3.57. The van der Waals surface area contributed by atoms with Crippen LogP contribution in [0.1, 0.15) is 23.5 Å². The van der Waals surface area contributed by atoms with Gasteiger partial charge in [-0.25, -0.2) is 0 Å². The summed E-state index contributed by atoms with van der Waals surface area (Å²) < 4.78 is 0. The minimum Gasteiger partial charge on any atom is -0.319 e. The minimum absolute atomic E-state index is 0.980. The molecule has 0 radical (unpaired) electrons. The fourth-order valence-corrected chi connectivity index (χ4v) is 1.70. The second-order valence-electron chi connectivity index (χ2n) is 3.46. The number of hydrogen-bond acceptors (Lipinski definition) is 3. The van der Waals surface area contributed by atoms with Crippen molar-refractivity contribution in [3.05, 3.63) is 23.3 Å². The Morgan fingerprint density at radius 3 is 3.08 bits per heavy atom. The number of hydrogen-bond donors (Lipinski definition) is 1. The summed E-state index contributed by atoms with van der Waals surface area (Å²) in [6.45, 7) is 0.980. The molecule has 0 aromatic carbocycles. The van der Waals surface area contributed by atoms with Gasteiger partial charge in [0.05, 0.1) is 17.1 Å². The van der Waals surface area contributed by atoms with Gasteiger partial charge in [-0.05, 0) is 26.3 Å². The van der Waals surface area contributed by atoms with Gasteiger partial charge in [-0.1, -0.05) is 0 Å². The van der Waals surface area contributed by atoms with E-state index in [-0.39, 0.29) is 0 Å². The second-order valence-corrected chi connectivity index (χ2v) is 3.46. The zero-order valence-corrected chi connectivity index (χ0v) is 8.01. The van der Waals surface area contributed by atoms with Crippen molar-refractivity contribution < 1.29 is 0 Å². The van der Waals surface area contributed by atoms with Gasteiger partial charge in [-0.2, -0.15) is 0 Å². The molecule has 1 aromatic heterocycles. The normalized spacial score (nSPS) is 14.5. The lowest BCUT2D eigenvalue weighted by molar-refractivity contribution is 0.766. The van der Waals surface area contributed by atoms with E-state index in [1.165, 1.54) is 17.8 Å². The zero-order valence-electron chi connectivity index (χ0n) is 8.01. The van der Waals surface area contributed by atoms with E-state index in [1.807, 2.05) is 13.2 Å². The number of nitrogens with one attached hydrogen (secondary N) is 1. The summed E-state index contributed by atoms with van der Waals surface area (Å²) >= 11 is 0. The van der Waals surface area contributed by atoms with Gasteiger partial charge in [0, 0.05) is 19.2 Å². The van der Waals surface area contributed by atoms with Crippen LogP contribution < -0.4 is 5.32 Å². The highest BCUT2D eigenvalue weighted by atomic mass is 14.9. The first kappa shape index (κ1) is 8.63. The van der Waals surface area contributed by atoms with Crippen LogP contribution in [-0.2, 0) is 19.3 Å². The van der Waals surface area contributed by atoms with Crippen molar-refractivity contribution in [3.63, 3.8) is 0 Å². The number of fused-ring (bicyclic) bond motifs is 1. The summed E-state index contributed by atoms with van der Waals surface area (Å²) in [5.74, 6) is 0. The summed E-state index contributed by atoms with van der Waals surface area (Å²) in [6.07, 6.45) is 6.37. The molecule has 3 nitrogen and oxygen atoms in total. The topological polar surface area (TPSA) is 37.8 Å². The molecule has 1 aliphatic rings. The van der Waals surface area contributed by atoms with E-state index in [4.69, 9.17) is 0 Å². The van der Waals surface area contributed by atoms with E-state index in [0.29, 0.717) is 0 Å². The molecule has 1 N–H and O–H groups in total. The summed E-state index contributed by atoms with van der Waals surface area (Å²) in [5, 5.41) is 3.12. The summed E-state index contributed by atoms with van der Waals surface area (Å²) in [7, 11) is 1.96. The smallest absolute Gasteiger partial charge is 0.0622 e. The molecule has 2 rings (SSSR count). The Hall–Kier alpha value is -0.960. The van der Waals surface area contributed by atoms with Gasteiger partial charge in [-0.15, -0.1) is 0 Å². The maximum atomic E-state index is 4.59. The number of likely N-dealkylation sites (N-methyl/N-ethyl adjacent to an activating group) is 1. The third-order valence-electron chi connectivity index (χ3n) is 2.44. The molecule has 13 heavy (non-hydrogen) atoms. The predicted octanol–water partition coefficient (Wildman–Crippen LogP) is 0.727. The molecular formula is C10H15N3. The summed E-state index contributed by atoms with van der Waals surface area (Å²) in [6, 6.07) is 0. The van der Waals surface area contributed by atoms with Crippen LogP contribution in [0.4, 0.5) is 0 Å². The van der Waals surface area contributed by atoms with Gasteiger partial charge >= 0.3 is 0 Å². The van der Waals surface area contributed by atoms with Crippen molar-refractivity contribution in [3.8, 4) is 0 Å². The quantitative estimate of drug-likeness (QED) is 0.739. The zero-order chi connectivity index (χ0) is 9.10. The van der Waals surface area contributed by atoms with Crippen molar-refractivity contribution in [1.29, 1.82) is 0 Å². The molecular weight excluding hydrogens is 162 g/mol. The second kappa shape index (κ2) is 3.83. The van der Waals surface area contributed by atoms with Crippen molar-refractivity contribution in [2.75, 3.05) is 13.6 Å². The lowest BCUT2D eigenvalue weighted by Gasteiger charge is -2.02. The Kier molecular flexibility index (Phi) is 2.54. The standard InChI is InChI=1S/C10H15N3/c1-11-6-5-8-7-12-9-3-2-4-10(9)13-8/h7,11H,2-6H2,1H3. The molecule has 0 unspecified atom stereocenters. The predicted molar refractivity (Wildman–Crippen MR) is 51.7 cm³/mol. The average molecular weight is 177 g/mol. The molecule has 0 aliphatic heterocycles. The van der Waals surface area contributed by atoms with Gasteiger partial charge in [-0.3, -0.25) is 9.97 Å². The van der Waals surface area contributed by atoms with Gasteiger partial charge in [0.15, 0.2) is 0 Å². The molecule has 0 amide bonds. The van der Waals surface area contributed by atoms with Crippen LogP contribution in [0.5, 0.6) is 0 Å². The maximum Gasteiger partial charge on any atom is 0.0622 e. The van der Waals surface area contributed by atoms with Crippen LogP contribution in [0, 0.1) is 0 Å². The lowest BCUT2D eigenvalue weighted by atomic mass is 10.3. The minimum atomic E-state index is 0.980. The van der Waals surface area contributed by atoms with E-state index in [9.17, 15) is 0 Å². The number of aromatic nitrogens is 2. The highest BCUT2D eigenvalue weighted by molar-refractivity contribution is 5.18. The first-order valence-electron chi connectivity index (χ1n) is 4.88. The molecule has 0 saturated heterocycles. The third kappa shape index (κ3) is 1.86. The van der Waals surface area contributed by atoms with Gasteiger partial charge in [0.1, 0.15) is 0 Å². The molecule has 0 atom stereocenters. The Morgan fingerprint density at radius 1 is 1.38 bits per heavy atom. The van der Waals surface area contributed by atoms with Crippen LogP contribution in [0.3, 0.4) is 0 Å². The van der Waals surface area contributed by atoms with Gasteiger partial charge < -0.3 is 5.32 Å². The van der Waals surface area contributed by atoms with E-state index in [0.717, 1.165) is 31.5 Å². The first-order valence-corrected chi connectivity index (χ1v) is 4.88. The highest BCUT2D eigenvalue weighted by Crippen LogP contribution is 2.17. The molecule has 1 aliphatic carbocycles. The van der Waals surface area contributed by atoms with Crippen molar-refractivity contribution in [1.82, 2.24) is 15.3 Å². The molecule has 70 valence electrons. The van der Waals surface area contributed by atoms with Crippen molar-refractivity contribution in [2.45, 2.75) is 25.7 Å². The van der Waals surface area contributed by atoms with Gasteiger partial charge in [0.2, 0.25) is 0 Å². The Labute approximate surface area is 78.6 Å². The van der Waals surface area contributed by atoms with E-state index in [1.54, 1.807) is 0 Å². The molecule has 3 heteroatoms. The Balaban J connectivity index is 2.12. The van der Waals surface area contributed by atoms with Crippen molar-refractivity contribution >= 4 is 0 Å². The van der Waals surface area contributed by atoms with Crippen LogP contribution in [-0.4, -0.2) is 23.6 Å². The monoisotopic (exact) mass is 177 g/mol. The van der Waals surface area contributed by atoms with Gasteiger partial charge in [0.25, 0.3) is 0 Å². The highest BCUT2D eigenvalue weighted by Gasteiger charge is 2.13. The molecule has 0 fully saturated rings. The average Bonchev–Trinajstić information content (AvgIpc) is 2.61. The SMILES string of the molecule is CNCCc1cnc2c(n1)CCC2. The fourth-order valence-electron chi connectivity index (χ4n) is 1.70. The molecule has 0 spiro atoms.